The number of rotatable bonds is 5. The van der Waals surface area contributed by atoms with Gasteiger partial charge in [-0.25, -0.2) is 4.98 Å². The minimum Gasteiger partial charge on any atom is -0.480 e. The Morgan fingerprint density at radius 1 is 1.35 bits per heavy atom. The molecule has 0 amide bonds. The summed E-state index contributed by atoms with van der Waals surface area (Å²) in [6, 6.07) is 5.57. The van der Waals surface area contributed by atoms with Crippen LogP contribution in [0.2, 0.25) is 5.02 Å². The molecule has 1 heterocycles. The first kappa shape index (κ1) is 15.2. The van der Waals surface area contributed by atoms with E-state index in [-0.39, 0.29) is 6.04 Å². The molecule has 0 spiro atoms. The molecule has 1 atom stereocenters. The molecule has 0 bridgehead atoms. The van der Waals surface area contributed by atoms with E-state index in [1.165, 1.54) is 0 Å². The van der Waals surface area contributed by atoms with Crippen LogP contribution in [-0.4, -0.2) is 23.6 Å². The van der Waals surface area contributed by atoms with Gasteiger partial charge in [0.15, 0.2) is 0 Å². The lowest BCUT2D eigenvalue weighted by Crippen LogP contribution is -2.24. The first-order chi connectivity index (χ1) is 9.67. The van der Waals surface area contributed by atoms with Crippen molar-refractivity contribution in [3.8, 4) is 5.88 Å². The van der Waals surface area contributed by atoms with E-state index < -0.39 is 0 Å². The topological polar surface area (TPSA) is 47.0 Å². The molecule has 2 rings (SSSR count). The van der Waals surface area contributed by atoms with Crippen molar-refractivity contribution in [2.24, 2.45) is 0 Å². The highest BCUT2D eigenvalue weighted by Crippen LogP contribution is 2.32. The fourth-order valence-electron chi connectivity index (χ4n) is 1.98. The summed E-state index contributed by atoms with van der Waals surface area (Å²) in [6.45, 7) is 2.83. The Bertz CT molecular complexity index is 594. The third-order valence-corrected chi connectivity index (χ3v) is 3.76. The number of ether oxygens (including phenoxy) is 1. The van der Waals surface area contributed by atoms with E-state index in [4.69, 9.17) is 16.3 Å². The molecule has 0 radical (unpaired) electrons. The first-order valence-corrected chi connectivity index (χ1v) is 7.37. The van der Waals surface area contributed by atoms with Gasteiger partial charge in [-0.2, -0.15) is 0 Å². The number of methoxy groups -OCH3 is 1. The monoisotopic (exact) mass is 355 g/mol. The van der Waals surface area contributed by atoms with Crippen molar-refractivity contribution in [3.05, 3.63) is 51.3 Å². The maximum absolute atomic E-state index is 6.00. The Morgan fingerprint density at radius 3 is 2.75 bits per heavy atom. The van der Waals surface area contributed by atoms with Crippen LogP contribution >= 0.6 is 27.5 Å². The molecule has 1 N–H and O–H groups in total. The van der Waals surface area contributed by atoms with Gasteiger partial charge in [-0.1, -0.05) is 40.5 Å². The van der Waals surface area contributed by atoms with Crippen LogP contribution in [0.15, 0.2) is 35.1 Å². The molecule has 1 unspecified atom stereocenters. The van der Waals surface area contributed by atoms with Crippen LogP contribution in [0.4, 0.5) is 0 Å². The predicted octanol–water partition coefficient (Wildman–Crippen LogP) is 3.60. The Labute approximate surface area is 131 Å². The lowest BCUT2D eigenvalue weighted by atomic mass is 10.0. The second-order valence-corrected chi connectivity index (χ2v) is 5.40. The van der Waals surface area contributed by atoms with Crippen LogP contribution in [0.5, 0.6) is 5.88 Å². The van der Waals surface area contributed by atoms with E-state index in [2.05, 4.69) is 31.2 Å². The molecule has 2 aromatic rings. The lowest BCUT2D eigenvalue weighted by molar-refractivity contribution is 0.383. The molecule has 0 saturated carbocycles. The van der Waals surface area contributed by atoms with Gasteiger partial charge in [-0.05, 0) is 24.2 Å². The molecule has 0 fully saturated rings. The van der Waals surface area contributed by atoms with Crippen molar-refractivity contribution in [1.82, 2.24) is 15.3 Å². The molecule has 0 aliphatic heterocycles. The van der Waals surface area contributed by atoms with Crippen molar-refractivity contribution in [2.45, 2.75) is 13.0 Å². The number of halogens is 2. The fourth-order valence-corrected chi connectivity index (χ4v) is 2.90. The molecule has 0 aliphatic rings. The maximum atomic E-state index is 6.00. The predicted molar refractivity (Wildman–Crippen MR) is 83.3 cm³/mol. The highest BCUT2D eigenvalue weighted by molar-refractivity contribution is 9.10. The molecule has 6 heteroatoms. The van der Waals surface area contributed by atoms with Crippen LogP contribution in [-0.2, 0) is 0 Å². The quantitative estimate of drug-likeness (QED) is 0.889. The van der Waals surface area contributed by atoms with Crippen LogP contribution in [0, 0.1) is 0 Å². The van der Waals surface area contributed by atoms with Crippen molar-refractivity contribution in [2.75, 3.05) is 13.7 Å². The number of hydrogen-bond donors (Lipinski definition) is 1. The zero-order valence-corrected chi connectivity index (χ0v) is 13.6. The van der Waals surface area contributed by atoms with E-state index in [0.29, 0.717) is 10.9 Å². The van der Waals surface area contributed by atoms with Gasteiger partial charge < -0.3 is 10.1 Å². The summed E-state index contributed by atoms with van der Waals surface area (Å²) in [5.74, 6) is 0.514. The Morgan fingerprint density at radius 2 is 2.10 bits per heavy atom. The third-order valence-electron chi connectivity index (χ3n) is 2.84. The maximum Gasteiger partial charge on any atom is 0.237 e. The van der Waals surface area contributed by atoms with Gasteiger partial charge in [-0.15, -0.1) is 0 Å². The average molecular weight is 357 g/mol. The summed E-state index contributed by atoms with van der Waals surface area (Å²) in [5, 5.41) is 4.08. The van der Waals surface area contributed by atoms with Gasteiger partial charge in [0.05, 0.1) is 13.2 Å². The zero-order valence-electron chi connectivity index (χ0n) is 11.2. The number of nitrogens with one attached hydrogen (secondary N) is 1. The van der Waals surface area contributed by atoms with Crippen LogP contribution in [0.3, 0.4) is 0 Å². The van der Waals surface area contributed by atoms with Crippen LogP contribution in [0.1, 0.15) is 24.2 Å². The first-order valence-electron chi connectivity index (χ1n) is 6.20. The molecule has 1 aromatic heterocycles. The third kappa shape index (κ3) is 3.29. The summed E-state index contributed by atoms with van der Waals surface area (Å²) in [4.78, 5) is 8.61. The lowest BCUT2D eigenvalue weighted by Gasteiger charge is -2.20. The van der Waals surface area contributed by atoms with Crippen molar-refractivity contribution >= 4 is 27.5 Å². The minimum absolute atomic E-state index is 0.115. The molecule has 4 nitrogen and oxygen atoms in total. The molecule has 1 aromatic carbocycles. The summed E-state index contributed by atoms with van der Waals surface area (Å²) in [7, 11) is 1.59. The van der Waals surface area contributed by atoms with E-state index >= 15 is 0 Å². The van der Waals surface area contributed by atoms with E-state index in [1.807, 2.05) is 25.1 Å². The second-order valence-electron chi connectivity index (χ2n) is 4.11. The van der Waals surface area contributed by atoms with Gasteiger partial charge in [0, 0.05) is 21.9 Å². The van der Waals surface area contributed by atoms with Gasteiger partial charge in [0.25, 0.3) is 0 Å². The fraction of sp³-hybridized carbons (Fsp3) is 0.286. The molecule has 0 aliphatic carbocycles. The standard InChI is InChI=1S/C14H15BrClN3O/c1-3-17-12(10-5-4-9(16)8-11(10)15)13-14(20-2)19-7-6-18-13/h4-8,12,17H,3H2,1-2H3. The zero-order chi connectivity index (χ0) is 14.5. The van der Waals surface area contributed by atoms with Gasteiger partial charge in [0.1, 0.15) is 5.69 Å². The summed E-state index contributed by atoms with van der Waals surface area (Å²) < 4.78 is 6.22. The van der Waals surface area contributed by atoms with Crippen LogP contribution < -0.4 is 10.1 Å². The number of hydrogen-bond acceptors (Lipinski definition) is 4. The largest absolute Gasteiger partial charge is 0.480 e. The molecule has 106 valence electrons. The van der Waals surface area contributed by atoms with Crippen molar-refractivity contribution in [1.29, 1.82) is 0 Å². The van der Waals surface area contributed by atoms with Crippen molar-refractivity contribution < 1.29 is 4.74 Å². The second kappa shape index (κ2) is 7.02. The highest BCUT2D eigenvalue weighted by Gasteiger charge is 2.21. The minimum atomic E-state index is -0.115. The van der Waals surface area contributed by atoms with Gasteiger partial charge >= 0.3 is 0 Å². The average Bonchev–Trinajstić information content (AvgIpc) is 2.45. The normalized spacial score (nSPS) is 12.2. The summed E-state index contributed by atoms with van der Waals surface area (Å²) in [5.41, 5.74) is 1.79. The van der Waals surface area contributed by atoms with Crippen molar-refractivity contribution in [3.63, 3.8) is 0 Å². The van der Waals surface area contributed by atoms with Gasteiger partial charge in [-0.3, -0.25) is 4.98 Å². The SMILES string of the molecule is CCNC(c1ccc(Cl)cc1Br)c1nccnc1OC. The van der Waals surface area contributed by atoms with E-state index in [9.17, 15) is 0 Å². The van der Waals surface area contributed by atoms with E-state index in [0.717, 1.165) is 22.3 Å². The number of benzene rings is 1. The molecule has 0 saturated heterocycles. The number of aromatic nitrogens is 2. The summed E-state index contributed by atoms with van der Waals surface area (Å²) in [6.07, 6.45) is 3.27. The molecule has 20 heavy (non-hydrogen) atoms. The molecular weight excluding hydrogens is 342 g/mol. The van der Waals surface area contributed by atoms with Crippen LogP contribution in [0.25, 0.3) is 0 Å². The summed E-state index contributed by atoms with van der Waals surface area (Å²) >= 11 is 9.55. The van der Waals surface area contributed by atoms with Gasteiger partial charge in [0.2, 0.25) is 5.88 Å². The van der Waals surface area contributed by atoms with E-state index in [1.54, 1.807) is 19.5 Å². The Balaban J connectivity index is 2.50. The highest BCUT2D eigenvalue weighted by atomic mass is 79.9. The Kier molecular flexibility index (Phi) is 5.34. The Hall–Kier alpha value is -1.17. The smallest absolute Gasteiger partial charge is 0.237 e. The number of nitrogens with zero attached hydrogens (tertiary/aromatic N) is 2. The molecular formula is C14H15BrClN3O.